The molecule has 5 rings (SSSR count). The summed E-state index contributed by atoms with van der Waals surface area (Å²) in [4.78, 5) is 19.1. The van der Waals surface area contributed by atoms with E-state index in [-0.39, 0.29) is 11.6 Å². The third-order valence-electron chi connectivity index (χ3n) is 5.71. The highest BCUT2D eigenvalue weighted by Crippen LogP contribution is 2.29. The van der Waals surface area contributed by atoms with Gasteiger partial charge in [-0.1, -0.05) is 71.5 Å². The van der Waals surface area contributed by atoms with Gasteiger partial charge in [-0.15, -0.1) is 0 Å². The number of benzene rings is 3. The molecule has 1 aliphatic heterocycles. The van der Waals surface area contributed by atoms with Gasteiger partial charge in [-0.3, -0.25) is 9.36 Å². The quantitative estimate of drug-likeness (QED) is 0.370. The van der Waals surface area contributed by atoms with E-state index in [2.05, 4.69) is 0 Å². The van der Waals surface area contributed by atoms with Crippen LogP contribution in [-0.4, -0.2) is 18.3 Å². The Morgan fingerprint density at radius 2 is 1.83 bits per heavy atom. The van der Waals surface area contributed by atoms with Gasteiger partial charge in [-0.2, -0.15) is 0 Å². The summed E-state index contributed by atoms with van der Waals surface area (Å²) < 4.78 is 13.4. The standard InChI is InChI=1S/C28H23ClN2O3S/c1-3-34-25-15-18(9-14-24(25)33-2)16-26-27(32)31-23(20-10-12-21(29)13-11-20)17-22(30-28(31)35-26)19-7-5-4-6-8-19/h4-17,23H,3H2,1-2H3. The molecule has 1 atom stereocenters. The van der Waals surface area contributed by atoms with Gasteiger partial charge in [0.1, 0.15) is 0 Å². The number of methoxy groups -OCH3 is 1. The van der Waals surface area contributed by atoms with Crippen molar-refractivity contribution in [3.8, 4) is 11.5 Å². The Kier molecular flexibility index (Phi) is 6.57. The summed E-state index contributed by atoms with van der Waals surface area (Å²) in [7, 11) is 1.61. The fourth-order valence-corrected chi connectivity index (χ4v) is 5.19. The zero-order chi connectivity index (χ0) is 24.4. The van der Waals surface area contributed by atoms with Crippen LogP contribution in [0.3, 0.4) is 0 Å². The van der Waals surface area contributed by atoms with Crippen molar-refractivity contribution in [1.82, 2.24) is 4.57 Å². The van der Waals surface area contributed by atoms with E-state index in [1.165, 1.54) is 11.3 Å². The van der Waals surface area contributed by atoms with E-state index in [4.69, 9.17) is 26.1 Å². The Morgan fingerprint density at radius 3 is 2.54 bits per heavy atom. The minimum atomic E-state index is -0.296. The zero-order valence-corrected chi connectivity index (χ0v) is 20.8. The van der Waals surface area contributed by atoms with E-state index in [9.17, 15) is 4.79 Å². The van der Waals surface area contributed by atoms with Gasteiger partial charge in [0.05, 0.1) is 30.0 Å². The molecule has 0 bridgehead atoms. The van der Waals surface area contributed by atoms with E-state index in [0.29, 0.717) is 32.5 Å². The van der Waals surface area contributed by atoms with Crippen molar-refractivity contribution in [2.45, 2.75) is 13.0 Å². The Balaban J connectivity index is 1.68. The van der Waals surface area contributed by atoms with Crippen LogP contribution in [0.4, 0.5) is 0 Å². The highest BCUT2D eigenvalue weighted by atomic mass is 35.5. The topological polar surface area (TPSA) is 52.8 Å². The van der Waals surface area contributed by atoms with Crippen LogP contribution in [0, 0.1) is 0 Å². The van der Waals surface area contributed by atoms with Gasteiger partial charge in [0.2, 0.25) is 0 Å². The number of rotatable bonds is 6. The molecule has 0 saturated heterocycles. The first-order valence-corrected chi connectivity index (χ1v) is 12.4. The second kappa shape index (κ2) is 9.94. The highest BCUT2D eigenvalue weighted by Gasteiger charge is 2.22. The molecule has 1 unspecified atom stereocenters. The lowest BCUT2D eigenvalue weighted by atomic mass is 10.0. The molecule has 35 heavy (non-hydrogen) atoms. The Labute approximate surface area is 211 Å². The normalized spacial score (nSPS) is 15.2. The van der Waals surface area contributed by atoms with E-state index in [0.717, 1.165) is 22.4 Å². The number of nitrogens with zero attached hydrogens (tertiary/aromatic N) is 2. The third-order valence-corrected chi connectivity index (χ3v) is 6.95. The first-order valence-electron chi connectivity index (χ1n) is 11.2. The van der Waals surface area contributed by atoms with Crippen LogP contribution in [-0.2, 0) is 0 Å². The van der Waals surface area contributed by atoms with Crippen molar-refractivity contribution < 1.29 is 9.47 Å². The summed E-state index contributed by atoms with van der Waals surface area (Å²) in [6.45, 7) is 2.44. The van der Waals surface area contributed by atoms with Crippen molar-refractivity contribution in [1.29, 1.82) is 0 Å². The zero-order valence-electron chi connectivity index (χ0n) is 19.3. The van der Waals surface area contributed by atoms with E-state index in [1.807, 2.05) is 91.9 Å². The molecule has 3 aromatic carbocycles. The van der Waals surface area contributed by atoms with Gasteiger partial charge in [-0.25, -0.2) is 4.99 Å². The van der Waals surface area contributed by atoms with Crippen molar-refractivity contribution in [2.75, 3.05) is 13.7 Å². The molecular formula is C28H23ClN2O3S. The molecule has 5 nitrogen and oxygen atoms in total. The fourth-order valence-electron chi connectivity index (χ4n) is 4.05. The molecule has 0 fully saturated rings. The second-order valence-corrected chi connectivity index (χ2v) is 9.38. The number of fused-ring (bicyclic) bond motifs is 1. The van der Waals surface area contributed by atoms with Gasteiger partial charge in [0, 0.05) is 5.02 Å². The van der Waals surface area contributed by atoms with Gasteiger partial charge >= 0.3 is 0 Å². The smallest absolute Gasteiger partial charge is 0.271 e. The summed E-state index contributed by atoms with van der Waals surface area (Å²) in [5, 5.41) is 0.651. The highest BCUT2D eigenvalue weighted by molar-refractivity contribution is 7.07. The molecule has 4 aromatic rings. The Bertz CT molecular complexity index is 1570. The number of allylic oxidation sites excluding steroid dienone is 1. The summed E-state index contributed by atoms with van der Waals surface area (Å²) in [5.41, 5.74) is 3.56. The number of hydrogen-bond donors (Lipinski definition) is 0. The monoisotopic (exact) mass is 502 g/mol. The molecule has 1 aromatic heterocycles. The van der Waals surface area contributed by atoms with E-state index < -0.39 is 0 Å². The molecule has 176 valence electrons. The second-order valence-electron chi connectivity index (χ2n) is 7.94. The molecule has 0 radical (unpaired) electrons. The van der Waals surface area contributed by atoms with Crippen molar-refractivity contribution >= 4 is 34.7 Å². The summed E-state index contributed by atoms with van der Waals surface area (Å²) in [6.07, 6.45) is 3.90. The van der Waals surface area contributed by atoms with E-state index >= 15 is 0 Å². The predicted octanol–water partition coefficient (Wildman–Crippen LogP) is 5.06. The third kappa shape index (κ3) is 4.67. The SMILES string of the molecule is CCOc1cc(C=c2sc3n(c2=O)C(c2ccc(Cl)cc2)C=C(c2ccccc2)N=3)ccc1OC. The average molecular weight is 503 g/mol. The van der Waals surface area contributed by atoms with E-state index in [1.54, 1.807) is 11.7 Å². The lowest BCUT2D eigenvalue weighted by molar-refractivity contribution is 0.311. The molecule has 0 spiro atoms. The fraction of sp³-hybridized carbons (Fsp3) is 0.143. The Morgan fingerprint density at radius 1 is 1.06 bits per heavy atom. The van der Waals surface area contributed by atoms with Gasteiger partial charge in [-0.05, 0) is 60.0 Å². The minimum Gasteiger partial charge on any atom is -0.493 e. The minimum absolute atomic E-state index is 0.0918. The van der Waals surface area contributed by atoms with Crippen molar-refractivity contribution in [3.63, 3.8) is 0 Å². The molecule has 1 aliphatic rings. The number of aromatic nitrogens is 1. The van der Waals surface area contributed by atoms with Crippen molar-refractivity contribution in [2.24, 2.45) is 4.99 Å². The lowest BCUT2D eigenvalue weighted by Crippen LogP contribution is -2.36. The number of thiazole rings is 1. The van der Waals surface area contributed by atoms with Crippen LogP contribution in [0.2, 0.25) is 5.02 Å². The maximum absolute atomic E-state index is 13.6. The van der Waals surface area contributed by atoms with Gasteiger partial charge in [0.15, 0.2) is 16.3 Å². The largest absolute Gasteiger partial charge is 0.493 e. The van der Waals surface area contributed by atoms with Crippen LogP contribution < -0.4 is 24.4 Å². The predicted molar refractivity (Wildman–Crippen MR) is 141 cm³/mol. The number of hydrogen-bond acceptors (Lipinski definition) is 5. The molecular weight excluding hydrogens is 480 g/mol. The van der Waals surface area contributed by atoms with Gasteiger partial charge in [0.25, 0.3) is 5.56 Å². The van der Waals surface area contributed by atoms with Crippen molar-refractivity contribution in [3.05, 3.63) is 120 Å². The number of halogens is 1. The summed E-state index contributed by atoms with van der Waals surface area (Å²) in [5.74, 6) is 1.29. The molecule has 0 N–H and O–H groups in total. The first kappa shape index (κ1) is 23.1. The Hall–Kier alpha value is -3.61. The summed E-state index contributed by atoms with van der Waals surface area (Å²) in [6, 6.07) is 22.9. The molecule has 0 saturated carbocycles. The average Bonchev–Trinajstić information content (AvgIpc) is 3.20. The maximum atomic E-state index is 13.6. The van der Waals surface area contributed by atoms with Crippen LogP contribution in [0.25, 0.3) is 11.8 Å². The lowest BCUT2D eigenvalue weighted by Gasteiger charge is -2.19. The molecule has 0 amide bonds. The maximum Gasteiger partial charge on any atom is 0.271 e. The molecule has 0 aliphatic carbocycles. The molecule has 2 heterocycles. The van der Waals surface area contributed by atoms with Crippen LogP contribution in [0.1, 0.15) is 29.7 Å². The number of ether oxygens (including phenoxy) is 2. The van der Waals surface area contributed by atoms with Crippen LogP contribution >= 0.6 is 22.9 Å². The van der Waals surface area contributed by atoms with Crippen LogP contribution in [0.5, 0.6) is 11.5 Å². The first-order chi connectivity index (χ1) is 17.1. The summed E-state index contributed by atoms with van der Waals surface area (Å²) >= 11 is 7.51. The van der Waals surface area contributed by atoms with Crippen LogP contribution in [0.15, 0.2) is 88.7 Å². The molecule has 7 heteroatoms. The van der Waals surface area contributed by atoms with Gasteiger partial charge < -0.3 is 9.47 Å².